The number of pyridine rings is 1. The lowest BCUT2D eigenvalue weighted by Crippen LogP contribution is -1.97. The zero-order valence-electron chi connectivity index (χ0n) is 10.3. The summed E-state index contributed by atoms with van der Waals surface area (Å²) in [6.07, 6.45) is 0.989. The highest BCUT2D eigenvalue weighted by atomic mass is 35.5. The molecule has 0 atom stereocenters. The van der Waals surface area contributed by atoms with E-state index in [-0.39, 0.29) is 0 Å². The van der Waals surface area contributed by atoms with E-state index >= 15 is 0 Å². The van der Waals surface area contributed by atoms with E-state index in [0.29, 0.717) is 23.5 Å². The van der Waals surface area contributed by atoms with E-state index in [1.165, 1.54) is 5.56 Å². The van der Waals surface area contributed by atoms with Gasteiger partial charge in [-0.15, -0.1) is 5.10 Å². The van der Waals surface area contributed by atoms with Crippen LogP contribution >= 0.6 is 11.6 Å². The molecule has 92 valence electrons. The number of hydrogen-bond acceptors (Lipinski definition) is 3. The van der Waals surface area contributed by atoms with Crippen LogP contribution < -0.4 is 0 Å². The van der Waals surface area contributed by atoms with E-state index in [2.05, 4.69) is 23.9 Å². The average Bonchev–Trinajstić information content (AvgIpc) is 2.60. The number of ether oxygens (including phenoxy) is 1. The molecule has 2 aromatic heterocycles. The summed E-state index contributed by atoms with van der Waals surface area (Å²) in [5, 5.41) is 4.86. The van der Waals surface area contributed by atoms with Crippen LogP contribution in [0.4, 0.5) is 0 Å². The number of aromatic nitrogens is 3. The summed E-state index contributed by atoms with van der Waals surface area (Å²) in [4.78, 5) is 4.37. The molecule has 4 nitrogen and oxygen atoms in total. The summed E-state index contributed by atoms with van der Waals surface area (Å²) >= 11 is 6.18. The van der Waals surface area contributed by atoms with Gasteiger partial charge in [-0.2, -0.15) is 0 Å². The van der Waals surface area contributed by atoms with Crippen molar-refractivity contribution in [1.82, 2.24) is 14.6 Å². The van der Waals surface area contributed by atoms with Crippen molar-refractivity contribution < 1.29 is 4.74 Å². The van der Waals surface area contributed by atoms with Gasteiger partial charge in [0.05, 0.1) is 0 Å². The summed E-state index contributed by atoms with van der Waals surface area (Å²) < 4.78 is 6.65. The van der Waals surface area contributed by atoms with Gasteiger partial charge in [0.15, 0.2) is 11.5 Å². The highest BCUT2D eigenvalue weighted by molar-refractivity contribution is 6.29. The van der Waals surface area contributed by atoms with Crippen molar-refractivity contribution in [1.29, 1.82) is 0 Å². The number of nitrogens with zero attached hydrogens (tertiary/aromatic N) is 3. The van der Waals surface area contributed by atoms with Crippen LogP contribution in [0.2, 0.25) is 5.15 Å². The second-order valence-electron chi connectivity index (χ2n) is 4.52. The molecule has 0 aliphatic carbocycles. The molecular formula is C12H16ClN3O. The highest BCUT2D eigenvalue weighted by Gasteiger charge is 2.09. The molecule has 17 heavy (non-hydrogen) atoms. The van der Waals surface area contributed by atoms with Crippen molar-refractivity contribution in [2.24, 2.45) is 5.92 Å². The van der Waals surface area contributed by atoms with Gasteiger partial charge in [-0.05, 0) is 30.0 Å². The maximum absolute atomic E-state index is 6.18. The molecule has 0 N–H and O–H groups in total. The van der Waals surface area contributed by atoms with E-state index in [1.54, 1.807) is 11.6 Å². The Morgan fingerprint density at radius 2 is 2.18 bits per heavy atom. The molecule has 5 heteroatoms. The Kier molecular flexibility index (Phi) is 3.64. The number of hydrogen-bond donors (Lipinski definition) is 0. The lowest BCUT2D eigenvalue weighted by Gasteiger charge is -2.05. The molecular weight excluding hydrogens is 238 g/mol. The quantitative estimate of drug-likeness (QED) is 0.787. The Hall–Kier alpha value is -1.13. The molecule has 0 saturated carbocycles. The van der Waals surface area contributed by atoms with Gasteiger partial charge >= 0.3 is 0 Å². The Morgan fingerprint density at radius 3 is 2.82 bits per heavy atom. The van der Waals surface area contributed by atoms with Gasteiger partial charge in [-0.1, -0.05) is 25.4 Å². The Labute approximate surface area is 106 Å². The van der Waals surface area contributed by atoms with E-state index in [4.69, 9.17) is 16.3 Å². The Morgan fingerprint density at radius 1 is 1.41 bits per heavy atom. The molecule has 0 aliphatic heterocycles. The Bertz CT molecular complexity index is 522. The smallest absolute Gasteiger partial charge is 0.177 e. The molecule has 0 aromatic carbocycles. The van der Waals surface area contributed by atoms with Gasteiger partial charge in [0.1, 0.15) is 11.8 Å². The molecule has 0 amide bonds. The zero-order chi connectivity index (χ0) is 12.4. The van der Waals surface area contributed by atoms with E-state index in [9.17, 15) is 0 Å². The minimum Gasteiger partial charge on any atom is -0.377 e. The zero-order valence-corrected chi connectivity index (χ0v) is 11.0. The fraction of sp³-hybridized carbons (Fsp3) is 0.500. The van der Waals surface area contributed by atoms with Crippen LogP contribution in [0.15, 0.2) is 12.1 Å². The number of fused-ring (bicyclic) bond motifs is 1. The molecule has 0 saturated heterocycles. The Balaban J connectivity index is 2.42. The van der Waals surface area contributed by atoms with Crippen molar-refractivity contribution in [2.75, 3.05) is 7.11 Å². The van der Waals surface area contributed by atoms with Crippen LogP contribution in [0, 0.1) is 5.92 Å². The fourth-order valence-electron chi connectivity index (χ4n) is 1.82. The van der Waals surface area contributed by atoms with Gasteiger partial charge in [0, 0.05) is 7.11 Å². The third-order valence-electron chi connectivity index (χ3n) is 2.41. The second-order valence-corrected chi connectivity index (χ2v) is 4.90. The van der Waals surface area contributed by atoms with Crippen molar-refractivity contribution in [3.8, 4) is 0 Å². The van der Waals surface area contributed by atoms with Crippen LogP contribution in [-0.2, 0) is 17.8 Å². The average molecular weight is 254 g/mol. The fourth-order valence-corrected chi connectivity index (χ4v) is 2.08. The van der Waals surface area contributed by atoms with Gasteiger partial charge in [0.2, 0.25) is 0 Å². The van der Waals surface area contributed by atoms with Gasteiger partial charge in [-0.3, -0.25) is 0 Å². The highest BCUT2D eigenvalue weighted by Crippen LogP contribution is 2.17. The molecule has 0 spiro atoms. The van der Waals surface area contributed by atoms with E-state index in [1.807, 2.05) is 12.1 Å². The third kappa shape index (κ3) is 2.76. The van der Waals surface area contributed by atoms with Crippen molar-refractivity contribution in [2.45, 2.75) is 26.9 Å². The normalized spacial score (nSPS) is 11.6. The molecule has 2 aromatic rings. The standard InChI is InChI=1S/C12H16ClN3O/c1-8(2)4-9-5-10(13)16-12(6-9)14-11(15-16)7-17-3/h5-6,8H,4,7H2,1-3H3. The van der Waals surface area contributed by atoms with Gasteiger partial charge in [-0.25, -0.2) is 9.50 Å². The summed E-state index contributed by atoms with van der Waals surface area (Å²) in [7, 11) is 1.62. The first-order chi connectivity index (χ1) is 8.10. The summed E-state index contributed by atoms with van der Waals surface area (Å²) in [5.74, 6) is 1.24. The maximum atomic E-state index is 6.18. The molecule has 0 unspecified atom stereocenters. The number of methoxy groups -OCH3 is 1. The molecule has 0 radical (unpaired) electrons. The SMILES string of the molecule is COCc1nc2cc(CC(C)C)cc(Cl)n2n1. The monoisotopic (exact) mass is 253 g/mol. The van der Waals surface area contributed by atoms with Crippen LogP contribution in [0.25, 0.3) is 5.65 Å². The van der Waals surface area contributed by atoms with Crippen LogP contribution in [0.1, 0.15) is 25.2 Å². The third-order valence-corrected chi connectivity index (χ3v) is 2.68. The molecule has 0 bridgehead atoms. The minimum atomic E-state index is 0.400. The second kappa shape index (κ2) is 5.02. The van der Waals surface area contributed by atoms with E-state index < -0.39 is 0 Å². The van der Waals surface area contributed by atoms with Crippen LogP contribution in [0.3, 0.4) is 0 Å². The predicted octanol–water partition coefficient (Wildman–Crippen LogP) is 2.73. The van der Waals surface area contributed by atoms with E-state index in [0.717, 1.165) is 12.1 Å². The van der Waals surface area contributed by atoms with Crippen molar-refractivity contribution in [3.05, 3.63) is 28.7 Å². The van der Waals surface area contributed by atoms with Gasteiger partial charge in [0.25, 0.3) is 0 Å². The number of rotatable bonds is 4. The van der Waals surface area contributed by atoms with Gasteiger partial charge < -0.3 is 4.74 Å². The summed E-state index contributed by atoms with van der Waals surface area (Å²) in [6, 6.07) is 3.97. The first-order valence-electron chi connectivity index (χ1n) is 5.63. The van der Waals surface area contributed by atoms with Crippen molar-refractivity contribution in [3.63, 3.8) is 0 Å². The summed E-state index contributed by atoms with van der Waals surface area (Å²) in [5.41, 5.74) is 1.97. The van der Waals surface area contributed by atoms with Crippen molar-refractivity contribution >= 4 is 17.2 Å². The first kappa shape index (κ1) is 12.3. The largest absolute Gasteiger partial charge is 0.377 e. The molecule has 2 rings (SSSR count). The molecule has 0 aliphatic rings. The maximum Gasteiger partial charge on any atom is 0.177 e. The minimum absolute atomic E-state index is 0.400. The topological polar surface area (TPSA) is 39.4 Å². The van der Waals surface area contributed by atoms with Crippen LogP contribution in [-0.4, -0.2) is 21.7 Å². The predicted molar refractivity (Wildman–Crippen MR) is 67.3 cm³/mol. The molecule has 0 fully saturated rings. The lowest BCUT2D eigenvalue weighted by atomic mass is 10.0. The van der Waals surface area contributed by atoms with Crippen LogP contribution in [0.5, 0.6) is 0 Å². The molecule has 2 heterocycles. The number of halogens is 1. The lowest BCUT2D eigenvalue weighted by molar-refractivity contribution is 0.178. The first-order valence-corrected chi connectivity index (χ1v) is 6.01. The summed E-state index contributed by atoms with van der Waals surface area (Å²) in [6.45, 7) is 4.76.